The third-order valence-electron chi connectivity index (χ3n) is 3.26. The molecule has 0 heterocycles. The van der Waals surface area contributed by atoms with Gasteiger partial charge in [-0.3, -0.25) is 4.79 Å². The van der Waals surface area contributed by atoms with E-state index in [4.69, 9.17) is 9.47 Å². The van der Waals surface area contributed by atoms with Crippen LogP contribution in [0.25, 0.3) is 0 Å². The van der Waals surface area contributed by atoms with E-state index in [0.717, 1.165) is 4.47 Å². The van der Waals surface area contributed by atoms with Gasteiger partial charge in [-0.2, -0.15) is 0 Å². The van der Waals surface area contributed by atoms with Crippen LogP contribution in [0, 0.1) is 0 Å². The minimum atomic E-state index is -0.00290. The van der Waals surface area contributed by atoms with Crippen molar-refractivity contribution in [2.24, 2.45) is 0 Å². The van der Waals surface area contributed by atoms with E-state index >= 15 is 0 Å². The summed E-state index contributed by atoms with van der Waals surface area (Å²) in [4.78, 5) is 12.3. The monoisotopic (exact) mass is 375 g/mol. The summed E-state index contributed by atoms with van der Waals surface area (Å²) in [5.41, 5.74) is 1.94. The Morgan fingerprint density at radius 3 is 2.43 bits per heavy atom. The smallest absolute Gasteiger partial charge is 0.168 e. The number of ether oxygens (including phenoxy) is 2. The molecule has 0 atom stereocenters. The summed E-state index contributed by atoms with van der Waals surface area (Å²) in [5.74, 6) is 1.35. The van der Waals surface area contributed by atoms with Crippen LogP contribution >= 0.6 is 15.9 Å². The highest BCUT2D eigenvalue weighted by molar-refractivity contribution is 9.10. The van der Waals surface area contributed by atoms with Crippen LogP contribution in [-0.4, -0.2) is 20.0 Å². The van der Waals surface area contributed by atoms with Crippen molar-refractivity contribution in [3.05, 3.63) is 64.8 Å². The molecule has 0 fully saturated rings. The topological polar surface area (TPSA) is 47.6 Å². The highest BCUT2D eigenvalue weighted by atomic mass is 79.9. The molecule has 4 nitrogen and oxygen atoms in total. The Kier molecular flexibility index (Phi) is 5.82. The summed E-state index contributed by atoms with van der Waals surface area (Å²) >= 11 is 3.35. The van der Waals surface area contributed by atoms with E-state index in [-0.39, 0.29) is 12.2 Å². The highest BCUT2D eigenvalue weighted by Gasteiger charge is 2.10. The fourth-order valence-corrected chi connectivity index (χ4v) is 2.34. The predicted octanol–water partition coefficient (Wildman–Crippen LogP) is 4.66. The van der Waals surface area contributed by atoms with Crippen molar-refractivity contribution < 1.29 is 14.3 Å². The van der Waals surface area contributed by atoms with Crippen LogP contribution in [0.1, 0.15) is 16.8 Å². The Morgan fingerprint density at radius 1 is 1.13 bits per heavy atom. The largest absolute Gasteiger partial charge is 0.497 e. The lowest BCUT2D eigenvalue weighted by atomic mass is 10.1. The zero-order valence-corrected chi connectivity index (χ0v) is 14.6. The number of Topliss-reactive ketones (excluding diaryl/α,β-unsaturated/α-hetero) is 1. The van der Waals surface area contributed by atoms with Gasteiger partial charge in [0.1, 0.15) is 11.5 Å². The zero-order valence-electron chi connectivity index (χ0n) is 13.1. The van der Waals surface area contributed by atoms with E-state index in [9.17, 15) is 4.79 Å². The molecule has 0 saturated carbocycles. The average Bonchev–Trinajstić information content (AvgIpc) is 2.55. The first-order valence-electron chi connectivity index (χ1n) is 6.99. The molecule has 0 aliphatic carbocycles. The van der Waals surface area contributed by atoms with E-state index in [1.807, 2.05) is 12.1 Å². The van der Waals surface area contributed by atoms with Crippen molar-refractivity contribution in [3.63, 3.8) is 0 Å². The first-order valence-corrected chi connectivity index (χ1v) is 7.78. The number of allylic oxidation sites excluding steroid dienone is 1. The van der Waals surface area contributed by atoms with Crippen LogP contribution in [0.5, 0.6) is 11.5 Å². The maximum absolute atomic E-state index is 12.3. The SMILES string of the molecule is C=C(CC(=O)c1ccc(Br)cc1)Nc1cc(OC)ccc1OC. The van der Waals surface area contributed by atoms with Gasteiger partial charge in [-0.15, -0.1) is 0 Å². The number of methoxy groups -OCH3 is 2. The Bertz CT molecular complexity index is 711. The number of hydrogen-bond donors (Lipinski definition) is 1. The number of nitrogens with one attached hydrogen (secondary N) is 1. The van der Waals surface area contributed by atoms with Crippen molar-refractivity contribution in [3.8, 4) is 11.5 Å². The fourth-order valence-electron chi connectivity index (χ4n) is 2.08. The summed E-state index contributed by atoms with van der Waals surface area (Å²) in [6.45, 7) is 3.93. The van der Waals surface area contributed by atoms with E-state index < -0.39 is 0 Å². The Morgan fingerprint density at radius 2 is 1.83 bits per heavy atom. The molecule has 0 aromatic heterocycles. The predicted molar refractivity (Wildman–Crippen MR) is 95.4 cm³/mol. The number of carbonyl (C=O) groups is 1. The van der Waals surface area contributed by atoms with Crippen molar-refractivity contribution >= 4 is 27.4 Å². The van der Waals surface area contributed by atoms with Crippen molar-refractivity contribution in [1.29, 1.82) is 0 Å². The maximum atomic E-state index is 12.3. The number of halogens is 1. The molecule has 0 spiro atoms. The Balaban J connectivity index is 2.07. The standard InChI is InChI=1S/C18H18BrNO3/c1-12(10-17(21)13-4-6-14(19)7-5-13)20-16-11-15(22-2)8-9-18(16)23-3/h4-9,11,20H,1,10H2,2-3H3. The Labute approximate surface area is 144 Å². The van der Waals surface area contributed by atoms with Gasteiger partial charge in [-0.25, -0.2) is 0 Å². The molecular formula is C18H18BrNO3. The first kappa shape index (κ1) is 17.1. The number of carbonyl (C=O) groups excluding carboxylic acids is 1. The molecule has 2 aromatic carbocycles. The molecular weight excluding hydrogens is 358 g/mol. The lowest BCUT2D eigenvalue weighted by Crippen LogP contribution is -2.07. The quantitative estimate of drug-likeness (QED) is 0.714. The van der Waals surface area contributed by atoms with Gasteiger partial charge in [0.2, 0.25) is 0 Å². The normalized spacial score (nSPS) is 10.0. The minimum Gasteiger partial charge on any atom is -0.497 e. The maximum Gasteiger partial charge on any atom is 0.168 e. The average molecular weight is 376 g/mol. The fraction of sp³-hybridized carbons (Fsp3) is 0.167. The van der Waals surface area contributed by atoms with Gasteiger partial charge in [0, 0.05) is 21.8 Å². The molecule has 120 valence electrons. The van der Waals surface area contributed by atoms with Crippen LogP contribution in [0.15, 0.2) is 59.2 Å². The van der Waals surface area contributed by atoms with Gasteiger partial charge in [0.05, 0.1) is 26.3 Å². The molecule has 0 unspecified atom stereocenters. The van der Waals surface area contributed by atoms with Gasteiger partial charge in [-0.05, 0) is 24.3 Å². The van der Waals surface area contributed by atoms with Gasteiger partial charge in [-0.1, -0.05) is 34.6 Å². The van der Waals surface area contributed by atoms with Crippen molar-refractivity contribution in [2.45, 2.75) is 6.42 Å². The molecule has 0 bridgehead atoms. The lowest BCUT2D eigenvalue weighted by Gasteiger charge is -2.14. The van der Waals surface area contributed by atoms with Crippen LogP contribution in [-0.2, 0) is 0 Å². The molecule has 1 N–H and O–H groups in total. The number of benzene rings is 2. The second kappa shape index (κ2) is 7.83. The van der Waals surface area contributed by atoms with Crippen LogP contribution in [0.3, 0.4) is 0 Å². The van der Waals surface area contributed by atoms with E-state index in [2.05, 4.69) is 27.8 Å². The van der Waals surface area contributed by atoms with E-state index in [1.165, 1.54) is 0 Å². The number of rotatable bonds is 7. The third-order valence-corrected chi connectivity index (χ3v) is 3.79. The van der Waals surface area contributed by atoms with Gasteiger partial charge in [0.25, 0.3) is 0 Å². The molecule has 23 heavy (non-hydrogen) atoms. The summed E-state index contributed by atoms with van der Waals surface area (Å²) in [6.07, 6.45) is 0.196. The molecule has 0 radical (unpaired) electrons. The summed E-state index contributed by atoms with van der Waals surface area (Å²) < 4.78 is 11.4. The van der Waals surface area contributed by atoms with Crippen LogP contribution in [0.2, 0.25) is 0 Å². The zero-order chi connectivity index (χ0) is 16.8. The number of ketones is 1. The molecule has 5 heteroatoms. The summed E-state index contributed by atoms with van der Waals surface area (Å²) in [6, 6.07) is 12.7. The number of anilines is 1. The third kappa shape index (κ3) is 4.60. The molecule has 0 amide bonds. The summed E-state index contributed by atoms with van der Waals surface area (Å²) in [7, 11) is 3.18. The van der Waals surface area contributed by atoms with Gasteiger partial charge < -0.3 is 14.8 Å². The van der Waals surface area contributed by atoms with E-state index in [0.29, 0.717) is 28.4 Å². The minimum absolute atomic E-state index is 0.00290. The molecule has 0 saturated heterocycles. The molecule has 2 aromatic rings. The van der Waals surface area contributed by atoms with Crippen molar-refractivity contribution in [1.82, 2.24) is 0 Å². The molecule has 0 aliphatic rings. The lowest BCUT2D eigenvalue weighted by molar-refractivity contribution is 0.0993. The molecule has 2 rings (SSSR count). The van der Waals surface area contributed by atoms with Crippen LogP contribution in [0.4, 0.5) is 5.69 Å². The summed E-state index contributed by atoms with van der Waals surface area (Å²) in [5, 5.41) is 3.12. The highest BCUT2D eigenvalue weighted by Crippen LogP contribution is 2.30. The van der Waals surface area contributed by atoms with Gasteiger partial charge >= 0.3 is 0 Å². The van der Waals surface area contributed by atoms with Crippen molar-refractivity contribution in [2.75, 3.05) is 19.5 Å². The second-order valence-electron chi connectivity index (χ2n) is 4.90. The van der Waals surface area contributed by atoms with Crippen LogP contribution < -0.4 is 14.8 Å². The molecule has 0 aliphatic heterocycles. The number of hydrogen-bond acceptors (Lipinski definition) is 4. The first-order chi connectivity index (χ1) is 11.0. The second-order valence-corrected chi connectivity index (χ2v) is 5.82. The van der Waals surface area contributed by atoms with E-state index in [1.54, 1.807) is 44.6 Å². The van der Waals surface area contributed by atoms with Gasteiger partial charge in [0.15, 0.2) is 5.78 Å². The Hall–Kier alpha value is -2.27.